The minimum atomic E-state index is 0.676. The van der Waals surface area contributed by atoms with Crippen LogP contribution in [0.3, 0.4) is 0 Å². The van der Waals surface area contributed by atoms with Crippen LogP contribution in [0.15, 0.2) is 87.1 Å². The largest absolute Gasteiger partial charge is 0.497 e. The number of nitrogens with zero attached hydrogens (tertiary/aromatic N) is 2. The number of thioether (sulfide) groups is 1. The van der Waals surface area contributed by atoms with Gasteiger partial charge in [0.25, 0.3) is 0 Å². The van der Waals surface area contributed by atoms with E-state index in [0.717, 1.165) is 49.5 Å². The highest BCUT2D eigenvalue weighted by molar-refractivity contribution is 7.98. The monoisotopic (exact) mass is 500 g/mol. The first-order valence-electron chi connectivity index (χ1n) is 11.0. The van der Waals surface area contributed by atoms with Crippen molar-refractivity contribution >= 4 is 39.2 Å². The van der Waals surface area contributed by atoms with Gasteiger partial charge in [-0.05, 0) is 49.6 Å². The first kappa shape index (κ1) is 23.2. The summed E-state index contributed by atoms with van der Waals surface area (Å²) in [6.07, 6.45) is 2.07. The van der Waals surface area contributed by atoms with E-state index in [0.29, 0.717) is 10.9 Å². The lowest BCUT2D eigenvalue weighted by Gasteiger charge is -2.09. The highest BCUT2D eigenvalue weighted by Gasteiger charge is 2.15. The lowest BCUT2D eigenvalue weighted by molar-refractivity contribution is 0.395. The first-order chi connectivity index (χ1) is 17.1. The van der Waals surface area contributed by atoms with E-state index in [1.807, 2.05) is 55.5 Å². The van der Waals surface area contributed by atoms with E-state index in [9.17, 15) is 0 Å². The zero-order valence-corrected chi connectivity index (χ0v) is 21.5. The van der Waals surface area contributed by atoms with Gasteiger partial charge in [-0.15, -0.1) is 11.8 Å². The first-order valence-corrected chi connectivity index (χ1v) is 13.1. The fraction of sp³-hybridized carbons (Fsp3) is 0.143. The minimum absolute atomic E-state index is 0.676. The summed E-state index contributed by atoms with van der Waals surface area (Å²) in [6, 6.07) is 24.0. The Balaban J connectivity index is 1.64. The van der Waals surface area contributed by atoms with Crippen LogP contribution in [-0.2, 0) is 0 Å². The van der Waals surface area contributed by atoms with Gasteiger partial charge in [0, 0.05) is 38.4 Å². The van der Waals surface area contributed by atoms with Crippen molar-refractivity contribution in [3.8, 4) is 34.1 Å². The molecule has 0 aliphatic rings. The zero-order chi connectivity index (χ0) is 24.4. The van der Waals surface area contributed by atoms with Crippen molar-refractivity contribution in [3.05, 3.63) is 83.0 Å². The summed E-state index contributed by atoms with van der Waals surface area (Å²) in [6.45, 7) is 2.05. The van der Waals surface area contributed by atoms with Crippen LogP contribution in [0.1, 0.15) is 4.88 Å². The van der Waals surface area contributed by atoms with Crippen molar-refractivity contribution in [2.24, 2.45) is 4.99 Å². The highest BCUT2D eigenvalue weighted by atomic mass is 32.2. The second-order valence-electron chi connectivity index (χ2n) is 7.80. The molecule has 2 heterocycles. The number of hydrogen-bond donors (Lipinski definition) is 0. The third kappa shape index (κ3) is 4.70. The number of rotatable bonds is 6. The molecule has 0 atom stereocenters. The van der Waals surface area contributed by atoms with E-state index in [1.54, 1.807) is 37.3 Å². The summed E-state index contributed by atoms with van der Waals surface area (Å²) in [5, 5.41) is 2.43. The summed E-state index contributed by atoms with van der Waals surface area (Å²) in [4.78, 5) is 12.1. The fourth-order valence-electron chi connectivity index (χ4n) is 3.88. The Morgan fingerprint density at radius 1 is 0.943 bits per heavy atom. The maximum absolute atomic E-state index is 6.24. The number of ether oxygens (including phenoxy) is 2. The predicted octanol–water partition coefficient (Wildman–Crippen LogP) is 7.50. The van der Waals surface area contributed by atoms with Gasteiger partial charge in [0.15, 0.2) is 0 Å². The second-order valence-corrected chi connectivity index (χ2v) is 9.86. The van der Waals surface area contributed by atoms with E-state index in [4.69, 9.17) is 23.9 Å². The third-order valence-corrected chi connectivity index (χ3v) is 7.30. The van der Waals surface area contributed by atoms with Gasteiger partial charge >= 0.3 is 0 Å². The van der Waals surface area contributed by atoms with Crippen LogP contribution >= 0.6 is 23.1 Å². The Kier molecular flexibility index (Phi) is 6.61. The molecule has 0 spiro atoms. The Bertz CT molecular complexity index is 1570. The van der Waals surface area contributed by atoms with Gasteiger partial charge in [0.2, 0.25) is 5.13 Å². The van der Waals surface area contributed by atoms with E-state index in [2.05, 4.69) is 30.5 Å². The molecular formula is C28H24N2O3S2. The van der Waals surface area contributed by atoms with Crippen molar-refractivity contribution in [2.45, 2.75) is 11.8 Å². The summed E-state index contributed by atoms with van der Waals surface area (Å²) >= 11 is 3.26. The van der Waals surface area contributed by atoms with Crippen LogP contribution in [0, 0.1) is 6.92 Å². The molecule has 0 saturated heterocycles. The molecule has 0 radical (unpaired) electrons. The SMILES string of the molecule is COc1ccc(-c2nc(/N=c3\cc(-c4ccc(SC)cc4)oc4ccccc34)sc2C)c(OC)c1. The summed E-state index contributed by atoms with van der Waals surface area (Å²) in [5.74, 6) is 2.21. The lowest BCUT2D eigenvalue weighted by Crippen LogP contribution is -2.03. The van der Waals surface area contributed by atoms with Gasteiger partial charge in [-0.3, -0.25) is 0 Å². The molecule has 7 heteroatoms. The molecule has 35 heavy (non-hydrogen) atoms. The van der Waals surface area contributed by atoms with E-state index in [1.165, 1.54) is 4.90 Å². The Morgan fingerprint density at radius 2 is 1.74 bits per heavy atom. The van der Waals surface area contributed by atoms with Gasteiger partial charge in [0.05, 0.1) is 25.3 Å². The minimum Gasteiger partial charge on any atom is -0.497 e. The van der Waals surface area contributed by atoms with Gasteiger partial charge < -0.3 is 13.9 Å². The van der Waals surface area contributed by atoms with Crippen LogP contribution < -0.4 is 14.8 Å². The molecule has 5 nitrogen and oxygen atoms in total. The maximum Gasteiger partial charge on any atom is 0.210 e. The number of thiazole rings is 1. The second kappa shape index (κ2) is 9.98. The van der Waals surface area contributed by atoms with Crippen LogP contribution in [0.5, 0.6) is 11.5 Å². The maximum atomic E-state index is 6.24. The van der Waals surface area contributed by atoms with Gasteiger partial charge in [0.1, 0.15) is 22.8 Å². The van der Waals surface area contributed by atoms with Crippen LogP contribution in [0.25, 0.3) is 33.6 Å². The van der Waals surface area contributed by atoms with E-state index >= 15 is 0 Å². The highest BCUT2D eigenvalue weighted by Crippen LogP contribution is 2.38. The quantitative estimate of drug-likeness (QED) is 0.226. The number of aryl methyl sites for hydroxylation is 1. The molecule has 0 bridgehead atoms. The molecule has 0 fully saturated rings. The predicted molar refractivity (Wildman–Crippen MR) is 144 cm³/mol. The summed E-state index contributed by atoms with van der Waals surface area (Å²) in [7, 11) is 3.29. The third-order valence-electron chi connectivity index (χ3n) is 5.69. The standard InChI is InChI=1S/C28H24N2O3S2/c1-17-27(22-14-11-19(31-2)15-26(22)32-3)30-28(35-17)29-23-16-25(18-9-12-20(34-4)13-10-18)33-24-8-6-5-7-21(23)24/h5-16H,1-4H3/b29-23+. The molecular weight excluding hydrogens is 476 g/mol. The Morgan fingerprint density at radius 3 is 2.49 bits per heavy atom. The molecule has 0 aliphatic heterocycles. The number of benzene rings is 3. The number of hydrogen-bond acceptors (Lipinski definition) is 7. The number of methoxy groups -OCH3 is 2. The molecule has 0 saturated carbocycles. The molecule has 5 rings (SSSR count). The Hall–Kier alpha value is -3.55. The molecule has 0 unspecified atom stereocenters. The molecule has 0 amide bonds. The van der Waals surface area contributed by atoms with Crippen molar-refractivity contribution < 1.29 is 13.9 Å². The fourth-order valence-corrected chi connectivity index (χ4v) is 5.10. The molecule has 0 aliphatic carbocycles. The molecule has 5 aromatic rings. The van der Waals surface area contributed by atoms with Crippen molar-refractivity contribution in [1.29, 1.82) is 0 Å². The van der Waals surface area contributed by atoms with Crippen LogP contribution in [-0.4, -0.2) is 25.5 Å². The topological polar surface area (TPSA) is 56.9 Å². The van der Waals surface area contributed by atoms with Crippen molar-refractivity contribution in [3.63, 3.8) is 0 Å². The van der Waals surface area contributed by atoms with Gasteiger partial charge in [-0.25, -0.2) is 9.98 Å². The lowest BCUT2D eigenvalue weighted by atomic mass is 10.1. The smallest absolute Gasteiger partial charge is 0.210 e. The molecule has 2 aromatic heterocycles. The molecule has 0 N–H and O–H groups in total. The van der Waals surface area contributed by atoms with Crippen molar-refractivity contribution in [2.75, 3.05) is 20.5 Å². The Labute approximate surface area is 212 Å². The number of fused-ring (bicyclic) bond motifs is 1. The number of para-hydroxylation sites is 1. The van der Waals surface area contributed by atoms with E-state index < -0.39 is 0 Å². The van der Waals surface area contributed by atoms with Crippen molar-refractivity contribution in [1.82, 2.24) is 4.98 Å². The molecule has 3 aromatic carbocycles. The summed E-state index contributed by atoms with van der Waals surface area (Å²) in [5.41, 5.74) is 3.55. The average molecular weight is 501 g/mol. The summed E-state index contributed by atoms with van der Waals surface area (Å²) < 4.78 is 17.2. The van der Waals surface area contributed by atoms with Gasteiger partial charge in [-0.2, -0.15) is 0 Å². The van der Waals surface area contributed by atoms with Crippen LogP contribution in [0.4, 0.5) is 5.13 Å². The zero-order valence-electron chi connectivity index (χ0n) is 19.9. The van der Waals surface area contributed by atoms with Crippen LogP contribution in [0.2, 0.25) is 0 Å². The normalized spacial score (nSPS) is 11.7. The van der Waals surface area contributed by atoms with E-state index in [-0.39, 0.29) is 0 Å². The number of aromatic nitrogens is 1. The average Bonchev–Trinajstić information content (AvgIpc) is 3.27. The molecule has 176 valence electrons. The van der Waals surface area contributed by atoms with Gasteiger partial charge in [-0.1, -0.05) is 35.6 Å².